The van der Waals surface area contributed by atoms with Gasteiger partial charge in [0.05, 0.1) is 0 Å². The highest BCUT2D eigenvalue weighted by Gasteiger charge is 2.38. The molecule has 1 aliphatic rings. The lowest BCUT2D eigenvalue weighted by molar-refractivity contribution is -0.151. The van der Waals surface area contributed by atoms with Crippen LogP contribution in [-0.4, -0.2) is 24.5 Å². The van der Waals surface area contributed by atoms with Gasteiger partial charge in [-0.1, -0.05) is 73.5 Å². The Hall–Kier alpha value is -2.22. The largest absolute Gasteiger partial charge is 0.459 e. The first-order chi connectivity index (χ1) is 12.8. The van der Waals surface area contributed by atoms with Gasteiger partial charge >= 0.3 is 5.97 Å². The molecular formula is C20H25NO5S. The van der Waals surface area contributed by atoms with Crippen LogP contribution in [-0.2, 0) is 32.0 Å². The third-order valence-corrected chi connectivity index (χ3v) is 5.01. The normalized spacial score (nSPS) is 15.5. The Morgan fingerprint density at radius 1 is 0.963 bits per heavy atom. The van der Waals surface area contributed by atoms with Gasteiger partial charge in [-0.3, -0.25) is 9.35 Å². The first-order valence-electron chi connectivity index (χ1n) is 8.78. The highest BCUT2D eigenvalue weighted by Crippen LogP contribution is 2.28. The van der Waals surface area contributed by atoms with Crippen LogP contribution in [0.5, 0.6) is 0 Å². The van der Waals surface area contributed by atoms with Crippen LogP contribution in [0.15, 0.2) is 60.7 Å². The Bertz CT molecular complexity index is 816. The molecule has 7 heteroatoms. The van der Waals surface area contributed by atoms with Crippen LogP contribution in [0.1, 0.15) is 36.8 Å². The van der Waals surface area contributed by atoms with Gasteiger partial charge in [-0.05, 0) is 24.0 Å². The molecule has 0 aromatic heterocycles. The number of carbonyl (C=O) groups excluding carboxylic acids is 1. The Kier molecular flexibility index (Phi) is 7.53. The van der Waals surface area contributed by atoms with Crippen LogP contribution in [0.3, 0.4) is 0 Å². The molecule has 2 aromatic carbocycles. The Balaban J connectivity index is 0.000000208. The Labute approximate surface area is 160 Å². The standard InChI is InChI=1S/C13H17NO2.C7H8O3S/c14-13(8-4-5-9-13)12(15)16-10-11-6-2-1-3-7-11;8-11(9,10)6-7-4-2-1-3-5-7/h1-3,6-7H,4-5,8-10,14H2;1-5H,6H2,(H,8,9,10). The summed E-state index contributed by atoms with van der Waals surface area (Å²) in [6.45, 7) is 0.318. The van der Waals surface area contributed by atoms with Crippen molar-refractivity contribution in [3.63, 3.8) is 0 Å². The average Bonchev–Trinajstić information content (AvgIpc) is 3.08. The fourth-order valence-electron chi connectivity index (χ4n) is 2.86. The Morgan fingerprint density at radius 3 is 1.93 bits per heavy atom. The third kappa shape index (κ3) is 7.50. The molecule has 0 heterocycles. The van der Waals surface area contributed by atoms with Crippen LogP contribution in [0.4, 0.5) is 0 Å². The fraction of sp³-hybridized carbons (Fsp3) is 0.350. The van der Waals surface area contributed by atoms with Crippen molar-refractivity contribution in [2.24, 2.45) is 5.73 Å². The molecule has 146 valence electrons. The van der Waals surface area contributed by atoms with E-state index in [0.29, 0.717) is 12.2 Å². The van der Waals surface area contributed by atoms with E-state index in [1.54, 1.807) is 30.3 Å². The molecule has 3 N–H and O–H groups in total. The highest BCUT2D eigenvalue weighted by molar-refractivity contribution is 7.85. The maximum Gasteiger partial charge on any atom is 0.326 e. The van der Waals surface area contributed by atoms with E-state index >= 15 is 0 Å². The number of nitrogens with two attached hydrogens (primary N) is 1. The maximum atomic E-state index is 11.8. The number of ether oxygens (including phenoxy) is 1. The zero-order valence-electron chi connectivity index (χ0n) is 15.1. The van der Waals surface area contributed by atoms with Gasteiger partial charge in [-0.2, -0.15) is 8.42 Å². The summed E-state index contributed by atoms with van der Waals surface area (Å²) < 4.78 is 34.4. The quantitative estimate of drug-likeness (QED) is 0.599. The van der Waals surface area contributed by atoms with E-state index in [4.69, 9.17) is 15.0 Å². The number of benzene rings is 2. The number of hydrogen-bond donors (Lipinski definition) is 2. The Morgan fingerprint density at radius 2 is 1.44 bits per heavy atom. The molecule has 0 atom stereocenters. The summed E-state index contributed by atoms with van der Waals surface area (Å²) >= 11 is 0. The smallest absolute Gasteiger partial charge is 0.326 e. The van der Waals surface area contributed by atoms with Gasteiger partial charge in [-0.15, -0.1) is 0 Å². The van der Waals surface area contributed by atoms with Gasteiger partial charge in [0.2, 0.25) is 0 Å². The van der Waals surface area contributed by atoms with Crippen LogP contribution in [0, 0.1) is 0 Å². The SMILES string of the molecule is NC1(C(=O)OCc2ccccc2)CCCC1.O=S(=O)(O)Cc1ccccc1. The molecule has 3 rings (SSSR count). The molecule has 0 unspecified atom stereocenters. The summed E-state index contributed by atoms with van der Waals surface area (Å²) in [5.41, 5.74) is 6.86. The van der Waals surface area contributed by atoms with Gasteiger partial charge < -0.3 is 10.5 Å². The maximum absolute atomic E-state index is 11.8. The van der Waals surface area contributed by atoms with Crippen LogP contribution >= 0.6 is 0 Å². The summed E-state index contributed by atoms with van der Waals surface area (Å²) in [4.78, 5) is 11.8. The van der Waals surface area contributed by atoms with Crippen LogP contribution in [0.25, 0.3) is 0 Å². The molecule has 0 bridgehead atoms. The van der Waals surface area contributed by atoms with E-state index in [0.717, 1.165) is 31.2 Å². The molecule has 1 aliphatic carbocycles. The van der Waals surface area contributed by atoms with Gasteiger partial charge in [0.15, 0.2) is 0 Å². The summed E-state index contributed by atoms with van der Waals surface area (Å²) in [5.74, 6) is -0.567. The van der Waals surface area contributed by atoms with E-state index < -0.39 is 15.7 Å². The molecule has 0 radical (unpaired) electrons. The van der Waals surface area contributed by atoms with E-state index in [1.807, 2.05) is 30.3 Å². The summed E-state index contributed by atoms with van der Waals surface area (Å²) in [7, 11) is -3.88. The number of carbonyl (C=O) groups is 1. The molecule has 0 saturated heterocycles. The molecule has 6 nitrogen and oxygen atoms in total. The topological polar surface area (TPSA) is 107 Å². The number of hydrogen-bond acceptors (Lipinski definition) is 5. The lowest BCUT2D eigenvalue weighted by atomic mass is 10.00. The summed E-state index contributed by atoms with van der Waals surface area (Å²) in [6, 6.07) is 18.2. The van der Waals surface area contributed by atoms with Gasteiger partial charge in [0.1, 0.15) is 17.9 Å². The number of esters is 1. The molecule has 1 saturated carbocycles. The molecule has 0 aliphatic heterocycles. The van der Waals surface area contributed by atoms with E-state index in [-0.39, 0.29) is 11.7 Å². The van der Waals surface area contributed by atoms with Crippen molar-refractivity contribution >= 4 is 16.1 Å². The minimum absolute atomic E-state index is 0.256. The van der Waals surface area contributed by atoms with Crippen molar-refractivity contribution in [3.8, 4) is 0 Å². The van der Waals surface area contributed by atoms with E-state index in [2.05, 4.69) is 0 Å². The van der Waals surface area contributed by atoms with E-state index in [1.165, 1.54) is 0 Å². The van der Waals surface area contributed by atoms with E-state index in [9.17, 15) is 13.2 Å². The molecule has 0 spiro atoms. The van der Waals surface area contributed by atoms with Crippen molar-refractivity contribution in [2.75, 3.05) is 0 Å². The first-order valence-corrected chi connectivity index (χ1v) is 10.4. The van der Waals surface area contributed by atoms with Gasteiger partial charge in [0.25, 0.3) is 10.1 Å². The predicted octanol–water partition coefficient (Wildman–Crippen LogP) is 3.08. The second-order valence-corrected chi connectivity index (χ2v) is 8.09. The van der Waals surface area contributed by atoms with Gasteiger partial charge in [-0.25, -0.2) is 0 Å². The van der Waals surface area contributed by atoms with Crippen molar-refractivity contribution in [3.05, 3.63) is 71.8 Å². The van der Waals surface area contributed by atoms with Crippen molar-refractivity contribution in [1.82, 2.24) is 0 Å². The monoisotopic (exact) mass is 391 g/mol. The lowest BCUT2D eigenvalue weighted by Gasteiger charge is -2.20. The highest BCUT2D eigenvalue weighted by atomic mass is 32.2. The fourth-order valence-corrected chi connectivity index (χ4v) is 3.48. The summed E-state index contributed by atoms with van der Waals surface area (Å²) in [5, 5.41) is 0. The zero-order chi connectivity index (χ0) is 19.8. The van der Waals surface area contributed by atoms with Crippen LogP contribution in [0.2, 0.25) is 0 Å². The molecule has 27 heavy (non-hydrogen) atoms. The predicted molar refractivity (Wildman–Crippen MR) is 103 cm³/mol. The average molecular weight is 391 g/mol. The zero-order valence-corrected chi connectivity index (χ0v) is 15.9. The molecule has 0 amide bonds. The second-order valence-electron chi connectivity index (χ2n) is 6.64. The third-order valence-electron chi connectivity index (χ3n) is 4.31. The first kappa shape index (κ1) is 21.1. The summed E-state index contributed by atoms with van der Waals surface area (Å²) in [6.07, 6.45) is 3.55. The van der Waals surface area contributed by atoms with Crippen molar-refractivity contribution < 1.29 is 22.5 Å². The number of rotatable bonds is 5. The van der Waals surface area contributed by atoms with Gasteiger partial charge in [0, 0.05) is 0 Å². The molecule has 1 fully saturated rings. The van der Waals surface area contributed by atoms with Crippen LogP contribution < -0.4 is 5.73 Å². The lowest BCUT2D eigenvalue weighted by Crippen LogP contribution is -2.46. The molecular weight excluding hydrogens is 366 g/mol. The molecule has 2 aromatic rings. The second kappa shape index (κ2) is 9.64. The van der Waals surface area contributed by atoms with Crippen molar-refractivity contribution in [2.45, 2.75) is 43.6 Å². The minimum atomic E-state index is -3.88. The minimum Gasteiger partial charge on any atom is -0.459 e. The van der Waals surface area contributed by atoms with Crippen molar-refractivity contribution in [1.29, 1.82) is 0 Å².